The monoisotopic (exact) mass is 257 g/mol. The second-order valence-corrected chi connectivity index (χ2v) is 5.56. The maximum Gasteiger partial charge on any atom is 0.0452 e. The number of hydrogen-bond acceptors (Lipinski definition) is 1. The normalized spacial score (nSPS) is 25.7. The third kappa shape index (κ3) is 3.13. The molecule has 3 heteroatoms. The fourth-order valence-corrected chi connectivity index (χ4v) is 2.88. The van der Waals surface area contributed by atoms with E-state index in [1.807, 2.05) is 18.2 Å². The first-order valence-electron chi connectivity index (χ1n) is 5.84. The molecule has 0 unspecified atom stereocenters. The third-order valence-electron chi connectivity index (χ3n) is 3.42. The van der Waals surface area contributed by atoms with E-state index in [0.717, 1.165) is 30.2 Å². The van der Waals surface area contributed by atoms with Gasteiger partial charge in [0.15, 0.2) is 0 Å². The first-order valence-corrected chi connectivity index (χ1v) is 6.60. The van der Waals surface area contributed by atoms with Gasteiger partial charge in [-0.3, -0.25) is 0 Å². The molecule has 0 atom stereocenters. The van der Waals surface area contributed by atoms with Crippen LogP contribution in [-0.2, 0) is 6.42 Å². The Kier molecular flexibility index (Phi) is 4.12. The predicted molar refractivity (Wildman–Crippen MR) is 70.1 cm³/mol. The summed E-state index contributed by atoms with van der Waals surface area (Å²) in [7, 11) is 0. The number of nitrogens with two attached hydrogens (primary N) is 1. The van der Waals surface area contributed by atoms with Gasteiger partial charge in [0, 0.05) is 16.1 Å². The van der Waals surface area contributed by atoms with Crippen LogP contribution in [0.25, 0.3) is 0 Å². The van der Waals surface area contributed by atoms with Gasteiger partial charge in [-0.1, -0.05) is 29.3 Å². The highest BCUT2D eigenvalue weighted by atomic mass is 35.5. The highest BCUT2D eigenvalue weighted by Gasteiger charge is 2.19. The molecular formula is C13H17Cl2N. The Morgan fingerprint density at radius 1 is 1.12 bits per heavy atom. The van der Waals surface area contributed by atoms with E-state index >= 15 is 0 Å². The molecule has 1 aromatic carbocycles. The summed E-state index contributed by atoms with van der Waals surface area (Å²) < 4.78 is 0. The summed E-state index contributed by atoms with van der Waals surface area (Å²) in [5.41, 5.74) is 7.11. The molecule has 0 spiro atoms. The van der Waals surface area contributed by atoms with Gasteiger partial charge in [-0.15, -0.1) is 0 Å². The summed E-state index contributed by atoms with van der Waals surface area (Å²) in [5.74, 6) is 0.735. The molecule has 1 nitrogen and oxygen atoms in total. The molecule has 0 aromatic heterocycles. The van der Waals surface area contributed by atoms with Gasteiger partial charge in [-0.25, -0.2) is 0 Å². The van der Waals surface area contributed by atoms with E-state index in [1.54, 1.807) is 0 Å². The van der Waals surface area contributed by atoms with Crippen molar-refractivity contribution in [2.75, 3.05) is 0 Å². The molecule has 0 bridgehead atoms. The minimum atomic E-state index is 0.414. The average molecular weight is 258 g/mol. The van der Waals surface area contributed by atoms with E-state index in [4.69, 9.17) is 28.9 Å². The van der Waals surface area contributed by atoms with E-state index in [0.29, 0.717) is 11.1 Å². The second-order valence-electron chi connectivity index (χ2n) is 4.72. The molecule has 1 aliphatic carbocycles. The zero-order valence-corrected chi connectivity index (χ0v) is 10.8. The third-order valence-corrected chi connectivity index (χ3v) is 4.00. The van der Waals surface area contributed by atoms with Gasteiger partial charge in [0.25, 0.3) is 0 Å². The van der Waals surface area contributed by atoms with Gasteiger partial charge in [-0.2, -0.15) is 0 Å². The van der Waals surface area contributed by atoms with E-state index in [-0.39, 0.29) is 0 Å². The molecule has 1 saturated carbocycles. The van der Waals surface area contributed by atoms with Gasteiger partial charge in [0.1, 0.15) is 0 Å². The van der Waals surface area contributed by atoms with Gasteiger partial charge in [0.2, 0.25) is 0 Å². The molecule has 0 amide bonds. The van der Waals surface area contributed by atoms with Crippen molar-refractivity contribution in [2.45, 2.75) is 38.1 Å². The van der Waals surface area contributed by atoms with Crippen LogP contribution in [0.1, 0.15) is 31.2 Å². The largest absolute Gasteiger partial charge is 0.328 e. The van der Waals surface area contributed by atoms with E-state index in [2.05, 4.69) is 0 Å². The van der Waals surface area contributed by atoms with Gasteiger partial charge >= 0.3 is 0 Å². The number of rotatable bonds is 2. The summed E-state index contributed by atoms with van der Waals surface area (Å²) in [5, 5.41) is 1.50. The van der Waals surface area contributed by atoms with Gasteiger partial charge in [-0.05, 0) is 55.7 Å². The molecule has 1 aromatic rings. The molecule has 16 heavy (non-hydrogen) atoms. The molecule has 1 fully saturated rings. The molecule has 0 heterocycles. The Morgan fingerprint density at radius 3 is 2.44 bits per heavy atom. The summed E-state index contributed by atoms with van der Waals surface area (Å²) in [6, 6.07) is 6.20. The maximum atomic E-state index is 6.17. The van der Waals surface area contributed by atoms with E-state index in [9.17, 15) is 0 Å². The Balaban J connectivity index is 1.98. The van der Waals surface area contributed by atoms with Crippen LogP contribution in [0.2, 0.25) is 10.0 Å². The van der Waals surface area contributed by atoms with Crippen LogP contribution >= 0.6 is 23.2 Å². The Labute approximate surface area is 107 Å². The molecule has 0 aliphatic heterocycles. The van der Waals surface area contributed by atoms with Crippen LogP contribution in [0.3, 0.4) is 0 Å². The van der Waals surface area contributed by atoms with Crippen molar-refractivity contribution in [3.63, 3.8) is 0 Å². The molecule has 2 N–H and O–H groups in total. The topological polar surface area (TPSA) is 26.0 Å². The highest BCUT2D eigenvalue weighted by molar-refractivity contribution is 6.35. The number of halogens is 2. The van der Waals surface area contributed by atoms with Gasteiger partial charge in [0.05, 0.1) is 0 Å². The van der Waals surface area contributed by atoms with E-state index < -0.39 is 0 Å². The van der Waals surface area contributed by atoms with Crippen LogP contribution < -0.4 is 5.73 Å². The summed E-state index contributed by atoms with van der Waals surface area (Å²) >= 11 is 12.0. The van der Waals surface area contributed by atoms with Crippen molar-refractivity contribution in [3.8, 4) is 0 Å². The maximum absolute atomic E-state index is 6.17. The average Bonchev–Trinajstić information content (AvgIpc) is 2.25. The minimum Gasteiger partial charge on any atom is -0.328 e. The van der Waals surface area contributed by atoms with Gasteiger partial charge < -0.3 is 5.73 Å². The molecule has 0 radical (unpaired) electrons. The molecular weight excluding hydrogens is 241 g/mol. The van der Waals surface area contributed by atoms with Crippen molar-refractivity contribution in [3.05, 3.63) is 33.8 Å². The van der Waals surface area contributed by atoms with Crippen LogP contribution in [0, 0.1) is 5.92 Å². The lowest BCUT2D eigenvalue weighted by Crippen LogP contribution is -2.27. The summed E-state index contributed by atoms with van der Waals surface area (Å²) in [4.78, 5) is 0. The minimum absolute atomic E-state index is 0.414. The van der Waals surface area contributed by atoms with Crippen LogP contribution in [-0.4, -0.2) is 6.04 Å². The summed E-state index contributed by atoms with van der Waals surface area (Å²) in [6.45, 7) is 0. The van der Waals surface area contributed by atoms with E-state index in [1.165, 1.54) is 18.4 Å². The smallest absolute Gasteiger partial charge is 0.0452 e. The fraction of sp³-hybridized carbons (Fsp3) is 0.538. The highest BCUT2D eigenvalue weighted by Crippen LogP contribution is 2.30. The molecule has 1 aliphatic rings. The molecule has 2 rings (SSSR count). The number of hydrogen-bond donors (Lipinski definition) is 1. The quantitative estimate of drug-likeness (QED) is 0.850. The van der Waals surface area contributed by atoms with Crippen LogP contribution in [0.4, 0.5) is 0 Å². The molecule has 88 valence electrons. The van der Waals surface area contributed by atoms with Crippen LogP contribution in [0.5, 0.6) is 0 Å². The van der Waals surface area contributed by atoms with Crippen molar-refractivity contribution < 1.29 is 0 Å². The van der Waals surface area contributed by atoms with Crippen molar-refractivity contribution in [2.24, 2.45) is 11.7 Å². The standard InChI is InChI=1S/C13H17Cl2N/c14-11-4-3-10(13(15)8-11)7-9-1-5-12(16)6-2-9/h3-4,8-9,12H,1-2,5-7,16H2. The van der Waals surface area contributed by atoms with Crippen molar-refractivity contribution in [1.29, 1.82) is 0 Å². The lowest BCUT2D eigenvalue weighted by molar-refractivity contribution is 0.325. The lowest BCUT2D eigenvalue weighted by Gasteiger charge is -2.26. The molecule has 0 saturated heterocycles. The first-order chi connectivity index (χ1) is 7.65. The predicted octanol–water partition coefficient (Wildman–Crippen LogP) is 4.05. The number of benzene rings is 1. The second kappa shape index (κ2) is 5.39. The zero-order chi connectivity index (χ0) is 11.5. The Morgan fingerprint density at radius 2 is 1.81 bits per heavy atom. The van der Waals surface area contributed by atoms with Crippen molar-refractivity contribution in [1.82, 2.24) is 0 Å². The first kappa shape index (κ1) is 12.2. The zero-order valence-electron chi connectivity index (χ0n) is 9.26. The fourth-order valence-electron chi connectivity index (χ4n) is 2.39. The van der Waals surface area contributed by atoms with Crippen molar-refractivity contribution >= 4 is 23.2 Å². The Bertz CT molecular complexity index is 357. The lowest BCUT2D eigenvalue weighted by atomic mass is 9.83. The summed E-state index contributed by atoms with van der Waals surface area (Å²) in [6.07, 6.45) is 5.80. The van der Waals surface area contributed by atoms with Crippen LogP contribution in [0.15, 0.2) is 18.2 Å². The Hall–Kier alpha value is -0.240. The SMILES string of the molecule is NC1CCC(Cc2ccc(Cl)cc2Cl)CC1.